The Balaban J connectivity index is 1.45. The van der Waals surface area contributed by atoms with E-state index in [0.717, 1.165) is 5.69 Å². The number of likely N-dealkylation sites (N-methyl/N-ethyl adjacent to an activating group) is 1. The molecule has 134 valence electrons. The molecule has 0 saturated carbocycles. The van der Waals surface area contributed by atoms with Gasteiger partial charge in [-0.1, -0.05) is 6.07 Å². The third kappa shape index (κ3) is 3.11. The topological polar surface area (TPSA) is 90.9 Å². The number of carbonyl (C=O) groups is 1. The Hall–Kier alpha value is -3.73. The van der Waals surface area contributed by atoms with Crippen LogP contribution in [0.4, 0.5) is 5.82 Å². The maximum atomic E-state index is 12.9. The molecule has 0 N–H and O–H groups in total. The predicted octanol–water partition coefficient (Wildman–Crippen LogP) is 1.49. The van der Waals surface area contributed by atoms with Crippen LogP contribution in [0.5, 0.6) is 0 Å². The second-order valence-corrected chi connectivity index (χ2v) is 6.32. The number of nitrogens with zero attached hydrogens (tertiary/aromatic N) is 7. The fourth-order valence-corrected chi connectivity index (χ4v) is 3.09. The number of amides is 1. The molecule has 3 aromatic rings. The zero-order chi connectivity index (χ0) is 18.8. The Bertz CT molecular complexity index is 1000. The van der Waals surface area contributed by atoms with Crippen molar-refractivity contribution in [3.63, 3.8) is 0 Å². The first kappa shape index (κ1) is 16.7. The summed E-state index contributed by atoms with van der Waals surface area (Å²) in [6.07, 6.45) is 6.61. The summed E-state index contributed by atoms with van der Waals surface area (Å²) >= 11 is 0. The van der Waals surface area contributed by atoms with Gasteiger partial charge in [0.1, 0.15) is 6.07 Å². The average Bonchev–Trinajstić information content (AvgIpc) is 3.21. The molecule has 8 nitrogen and oxygen atoms in total. The summed E-state index contributed by atoms with van der Waals surface area (Å²) in [6.45, 7) is 1.24. The first-order valence-corrected chi connectivity index (χ1v) is 8.50. The minimum Gasteiger partial charge on any atom is -0.350 e. The molecule has 0 atom stereocenters. The molecule has 1 fully saturated rings. The summed E-state index contributed by atoms with van der Waals surface area (Å²) in [5, 5.41) is 13.4. The smallest absolute Gasteiger partial charge is 0.254 e. The lowest BCUT2D eigenvalue weighted by Crippen LogP contribution is -2.60. The molecule has 1 saturated heterocycles. The molecule has 2 aromatic heterocycles. The van der Waals surface area contributed by atoms with Crippen LogP contribution in [0.15, 0.2) is 55.1 Å². The summed E-state index contributed by atoms with van der Waals surface area (Å²) in [7, 11) is 1.80. The molecule has 3 heterocycles. The molecule has 0 bridgehead atoms. The van der Waals surface area contributed by atoms with E-state index in [1.165, 1.54) is 6.20 Å². The molecule has 1 aliphatic heterocycles. The van der Waals surface area contributed by atoms with Crippen LogP contribution in [0, 0.1) is 11.3 Å². The molecule has 0 aliphatic carbocycles. The predicted molar refractivity (Wildman–Crippen MR) is 98.4 cm³/mol. The van der Waals surface area contributed by atoms with Gasteiger partial charge in [-0.05, 0) is 24.3 Å². The maximum absolute atomic E-state index is 12.9. The van der Waals surface area contributed by atoms with Crippen LogP contribution in [-0.4, -0.2) is 56.7 Å². The molecule has 8 heteroatoms. The molecule has 4 rings (SSSR count). The zero-order valence-corrected chi connectivity index (χ0v) is 14.7. The number of aromatic nitrogens is 4. The fourth-order valence-electron chi connectivity index (χ4n) is 3.09. The van der Waals surface area contributed by atoms with Gasteiger partial charge in [0.25, 0.3) is 5.91 Å². The number of nitriles is 1. The van der Waals surface area contributed by atoms with Crippen molar-refractivity contribution in [1.29, 1.82) is 5.26 Å². The monoisotopic (exact) mass is 359 g/mol. The maximum Gasteiger partial charge on any atom is 0.254 e. The van der Waals surface area contributed by atoms with Gasteiger partial charge in [-0.3, -0.25) is 4.79 Å². The second kappa shape index (κ2) is 6.88. The third-order valence-electron chi connectivity index (χ3n) is 4.68. The molecule has 27 heavy (non-hydrogen) atoms. The number of carbonyl (C=O) groups excluding carboxylic acids is 1. The van der Waals surface area contributed by atoms with Crippen LogP contribution < -0.4 is 4.90 Å². The van der Waals surface area contributed by atoms with Gasteiger partial charge in [-0.25, -0.2) is 14.6 Å². The second-order valence-electron chi connectivity index (χ2n) is 6.32. The normalized spacial score (nSPS) is 13.7. The van der Waals surface area contributed by atoms with Crippen LogP contribution in [0.1, 0.15) is 16.1 Å². The van der Waals surface area contributed by atoms with Crippen LogP contribution in [0.2, 0.25) is 0 Å². The van der Waals surface area contributed by atoms with Crippen molar-refractivity contribution in [3.8, 4) is 11.8 Å². The van der Waals surface area contributed by atoms with Gasteiger partial charge in [0.2, 0.25) is 0 Å². The Morgan fingerprint density at radius 1 is 1.22 bits per heavy atom. The molecule has 0 unspecified atom stereocenters. The van der Waals surface area contributed by atoms with Crippen molar-refractivity contribution in [1.82, 2.24) is 24.6 Å². The lowest BCUT2D eigenvalue weighted by molar-refractivity contribution is 0.0705. The first-order chi connectivity index (χ1) is 13.2. The van der Waals surface area contributed by atoms with Gasteiger partial charge in [0.05, 0.1) is 11.7 Å². The van der Waals surface area contributed by atoms with E-state index >= 15 is 0 Å². The quantitative estimate of drug-likeness (QED) is 0.701. The van der Waals surface area contributed by atoms with Gasteiger partial charge >= 0.3 is 0 Å². The van der Waals surface area contributed by atoms with Gasteiger partial charge in [-0.15, -0.1) is 0 Å². The van der Waals surface area contributed by atoms with Gasteiger partial charge < -0.3 is 9.80 Å². The standard InChI is InChI=1S/C19H17N7O/c1-24(16-12-25(13-16)18-17(11-20)21-7-8-22-18)19(27)14-4-2-5-15(10-14)26-9-3-6-23-26/h2-10,16H,12-13H2,1H3. The van der Waals surface area contributed by atoms with Crippen LogP contribution in [-0.2, 0) is 0 Å². The number of anilines is 1. The van der Waals surface area contributed by atoms with Crippen LogP contribution in [0.3, 0.4) is 0 Å². The van der Waals surface area contributed by atoms with Crippen LogP contribution >= 0.6 is 0 Å². The molecular formula is C19H17N7O. The van der Waals surface area contributed by atoms with E-state index in [0.29, 0.717) is 30.2 Å². The SMILES string of the molecule is CN(C(=O)c1cccc(-n2cccn2)c1)C1CN(c2nccnc2C#N)C1. The molecule has 1 aromatic carbocycles. The Labute approximate surface area is 156 Å². The Morgan fingerprint density at radius 3 is 2.78 bits per heavy atom. The molecule has 1 aliphatic rings. The van der Waals surface area contributed by atoms with E-state index in [1.807, 2.05) is 35.4 Å². The van der Waals surface area contributed by atoms with Crippen LogP contribution in [0.25, 0.3) is 5.69 Å². The van der Waals surface area contributed by atoms with Gasteiger partial charge in [0.15, 0.2) is 11.5 Å². The minimum atomic E-state index is -0.0479. The fraction of sp³-hybridized carbons (Fsp3) is 0.211. The highest BCUT2D eigenvalue weighted by molar-refractivity contribution is 5.95. The van der Waals surface area contributed by atoms with E-state index < -0.39 is 0 Å². The van der Waals surface area contributed by atoms with Gasteiger partial charge in [-0.2, -0.15) is 10.4 Å². The van der Waals surface area contributed by atoms with E-state index in [4.69, 9.17) is 5.26 Å². The largest absolute Gasteiger partial charge is 0.350 e. The summed E-state index contributed by atoms with van der Waals surface area (Å²) in [5.74, 6) is 0.520. The van der Waals surface area contributed by atoms with Crippen molar-refractivity contribution in [2.24, 2.45) is 0 Å². The molecule has 0 spiro atoms. The molecular weight excluding hydrogens is 342 g/mol. The Morgan fingerprint density at radius 2 is 2.04 bits per heavy atom. The highest BCUT2D eigenvalue weighted by atomic mass is 16.2. The summed E-state index contributed by atoms with van der Waals surface area (Å²) in [5.41, 5.74) is 1.76. The molecule has 0 radical (unpaired) electrons. The third-order valence-corrected chi connectivity index (χ3v) is 4.68. The average molecular weight is 359 g/mol. The highest BCUT2D eigenvalue weighted by Crippen LogP contribution is 2.24. The van der Waals surface area contributed by atoms with E-state index in [9.17, 15) is 4.79 Å². The first-order valence-electron chi connectivity index (χ1n) is 8.50. The van der Waals surface area contributed by atoms with Crippen molar-refractivity contribution >= 4 is 11.7 Å². The number of hydrogen-bond acceptors (Lipinski definition) is 6. The number of rotatable bonds is 4. The lowest BCUT2D eigenvalue weighted by atomic mass is 10.1. The molecule has 1 amide bonds. The summed E-state index contributed by atoms with van der Waals surface area (Å²) in [4.78, 5) is 24.8. The van der Waals surface area contributed by atoms with Gasteiger partial charge in [0, 0.05) is 50.5 Å². The summed E-state index contributed by atoms with van der Waals surface area (Å²) in [6, 6.07) is 11.3. The van der Waals surface area contributed by atoms with E-state index in [2.05, 4.69) is 21.1 Å². The lowest BCUT2D eigenvalue weighted by Gasteiger charge is -2.44. The minimum absolute atomic E-state index is 0.0479. The highest BCUT2D eigenvalue weighted by Gasteiger charge is 2.34. The van der Waals surface area contributed by atoms with Crippen molar-refractivity contribution < 1.29 is 4.79 Å². The van der Waals surface area contributed by atoms with Crippen molar-refractivity contribution in [2.75, 3.05) is 25.0 Å². The van der Waals surface area contributed by atoms with Crippen molar-refractivity contribution in [3.05, 3.63) is 66.4 Å². The zero-order valence-electron chi connectivity index (χ0n) is 14.7. The summed E-state index contributed by atoms with van der Waals surface area (Å²) < 4.78 is 1.72. The number of hydrogen-bond donors (Lipinski definition) is 0. The van der Waals surface area contributed by atoms with Crippen molar-refractivity contribution in [2.45, 2.75) is 6.04 Å². The Kier molecular flexibility index (Phi) is 4.26. The number of benzene rings is 1. The van der Waals surface area contributed by atoms with E-state index in [1.54, 1.807) is 35.1 Å². The van der Waals surface area contributed by atoms with E-state index in [-0.39, 0.29) is 11.9 Å².